The lowest BCUT2D eigenvalue weighted by Crippen LogP contribution is -2.12. The van der Waals surface area contributed by atoms with Gasteiger partial charge in [-0.3, -0.25) is 4.79 Å². The summed E-state index contributed by atoms with van der Waals surface area (Å²) in [6.07, 6.45) is 3.32. The van der Waals surface area contributed by atoms with E-state index in [1.165, 1.54) is 11.8 Å². The Labute approximate surface area is 175 Å². The second kappa shape index (κ2) is 11.9. The Kier molecular flexibility index (Phi) is 9.19. The highest BCUT2D eigenvalue weighted by Crippen LogP contribution is 2.22. The summed E-state index contributed by atoms with van der Waals surface area (Å²) in [4.78, 5) is 28.4. The van der Waals surface area contributed by atoms with Crippen LogP contribution in [0.15, 0.2) is 41.4 Å². The van der Waals surface area contributed by atoms with Crippen molar-refractivity contribution in [3.8, 4) is 6.07 Å². The summed E-state index contributed by atoms with van der Waals surface area (Å²) in [6.45, 7) is 4.20. The molecule has 0 atom stereocenters. The van der Waals surface area contributed by atoms with Gasteiger partial charge in [-0.25, -0.2) is 9.78 Å². The van der Waals surface area contributed by atoms with Gasteiger partial charge in [-0.15, -0.1) is 11.8 Å². The Morgan fingerprint density at radius 1 is 1.17 bits per heavy atom. The highest BCUT2D eigenvalue weighted by molar-refractivity contribution is 7.99. The standard InChI is InChI=1S/C22H25N3O3S/c1-3-5-6-18-12-9-17(15-23)21(25-18)29-14-13-20(26)24-19-10-7-16(8-11-19)22(27)28-4-2/h7-12H,3-6,13-14H2,1-2H3,(H,24,26). The van der Waals surface area contributed by atoms with Crippen LogP contribution in [0.5, 0.6) is 0 Å². The van der Waals surface area contributed by atoms with E-state index in [4.69, 9.17) is 4.74 Å². The highest BCUT2D eigenvalue weighted by Gasteiger charge is 2.10. The van der Waals surface area contributed by atoms with Crippen molar-refractivity contribution < 1.29 is 14.3 Å². The molecule has 2 rings (SSSR count). The molecule has 1 aromatic heterocycles. The fourth-order valence-corrected chi connectivity index (χ4v) is 3.47. The summed E-state index contributed by atoms with van der Waals surface area (Å²) in [5.41, 5.74) is 2.56. The molecule has 6 nitrogen and oxygen atoms in total. The molecule has 2 aromatic rings. The van der Waals surface area contributed by atoms with Crippen molar-refractivity contribution in [1.29, 1.82) is 5.26 Å². The van der Waals surface area contributed by atoms with Crippen LogP contribution < -0.4 is 5.32 Å². The van der Waals surface area contributed by atoms with Gasteiger partial charge in [0.15, 0.2) is 0 Å². The van der Waals surface area contributed by atoms with Gasteiger partial charge in [0.2, 0.25) is 5.91 Å². The van der Waals surface area contributed by atoms with Gasteiger partial charge in [0.1, 0.15) is 11.1 Å². The number of nitrogens with one attached hydrogen (secondary N) is 1. The van der Waals surface area contributed by atoms with Crippen LogP contribution in [-0.2, 0) is 16.0 Å². The molecule has 0 saturated heterocycles. The largest absolute Gasteiger partial charge is 0.462 e. The third-order valence-corrected chi connectivity index (χ3v) is 5.07. The van der Waals surface area contributed by atoms with Crippen molar-refractivity contribution >= 4 is 29.3 Å². The minimum atomic E-state index is -0.385. The number of pyridine rings is 1. The first kappa shape index (κ1) is 22.4. The fraction of sp³-hybridized carbons (Fsp3) is 0.364. The minimum Gasteiger partial charge on any atom is -0.462 e. The van der Waals surface area contributed by atoms with Crippen molar-refractivity contribution in [3.05, 3.63) is 53.2 Å². The number of unbranched alkanes of at least 4 members (excludes halogenated alkanes) is 1. The van der Waals surface area contributed by atoms with Gasteiger partial charge in [0.25, 0.3) is 0 Å². The quantitative estimate of drug-likeness (QED) is 0.454. The first-order valence-corrected chi connectivity index (χ1v) is 10.7. The molecule has 1 N–H and O–H groups in total. The summed E-state index contributed by atoms with van der Waals surface area (Å²) in [6, 6.07) is 12.4. The Hall–Kier alpha value is -2.85. The van der Waals surface area contributed by atoms with Gasteiger partial charge in [-0.1, -0.05) is 13.3 Å². The second-order valence-electron chi connectivity index (χ2n) is 6.32. The summed E-state index contributed by atoms with van der Waals surface area (Å²) in [5, 5.41) is 12.7. The number of carbonyl (C=O) groups excluding carboxylic acids is 2. The van der Waals surface area contributed by atoms with Gasteiger partial charge in [-0.2, -0.15) is 5.26 Å². The number of rotatable bonds is 10. The molecule has 1 aromatic carbocycles. The van der Waals surface area contributed by atoms with Crippen LogP contribution in [0.4, 0.5) is 5.69 Å². The van der Waals surface area contributed by atoms with Gasteiger partial charge in [0.05, 0.1) is 17.7 Å². The van der Waals surface area contributed by atoms with Crippen LogP contribution in [0.2, 0.25) is 0 Å². The number of ether oxygens (including phenoxy) is 1. The Balaban J connectivity index is 1.86. The number of nitrogens with zero attached hydrogens (tertiary/aromatic N) is 2. The molecule has 7 heteroatoms. The molecule has 0 spiro atoms. The average Bonchev–Trinajstić information content (AvgIpc) is 2.73. The zero-order valence-electron chi connectivity index (χ0n) is 16.7. The number of aryl methyl sites for hydroxylation is 1. The molecule has 0 aliphatic heterocycles. The van der Waals surface area contributed by atoms with E-state index in [1.807, 2.05) is 6.07 Å². The lowest BCUT2D eigenvalue weighted by atomic mass is 10.2. The molecule has 152 valence electrons. The van der Waals surface area contributed by atoms with E-state index >= 15 is 0 Å². The molecule has 1 amide bonds. The molecule has 0 radical (unpaired) electrons. The van der Waals surface area contributed by atoms with Crippen LogP contribution in [0.1, 0.15) is 54.7 Å². The first-order valence-electron chi connectivity index (χ1n) is 9.67. The average molecular weight is 412 g/mol. The maximum absolute atomic E-state index is 12.2. The van der Waals surface area contributed by atoms with E-state index in [-0.39, 0.29) is 18.3 Å². The zero-order valence-corrected chi connectivity index (χ0v) is 17.6. The van der Waals surface area contributed by atoms with Gasteiger partial charge < -0.3 is 10.1 Å². The molecule has 0 bridgehead atoms. The lowest BCUT2D eigenvalue weighted by Gasteiger charge is -2.08. The molecule has 0 saturated carbocycles. The lowest BCUT2D eigenvalue weighted by molar-refractivity contribution is -0.115. The minimum absolute atomic E-state index is 0.137. The number of nitriles is 1. The van der Waals surface area contributed by atoms with E-state index in [2.05, 4.69) is 23.3 Å². The Morgan fingerprint density at radius 2 is 1.93 bits per heavy atom. The predicted molar refractivity (Wildman–Crippen MR) is 114 cm³/mol. The molecular formula is C22H25N3O3S. The number of benzene rings is 1. The SMILES string of the molecule is CCCCc1ccc(C#N)c(SCCC(=O)Nc2ccc(C(=O)OCC)cc2)n1. The number of aromatic nitrogens is 1. The van der Waals surface area contributed by atoms with Crippen molar-refractivity contribution in [1.82, 2.24) is 4.98 Å². The smallest absolute Gasteiger partial charge is 0.338 e. The third kappa shape index (κ3) is 7.24. The molecule has 0 aliphatic carbocycles. The van der Waals surface area contributed by atoms with E-state index < -0.39 is 0 Å². The number of anilines is 1. The topological polar surface area (TPSA) is 92.1 Å². The molecular weight excluding hydrogens is 386 g/mol. The van der Waals surface area contributed by atoms with E-state index in [1.54, 1.807) is 37.3 Å². The normalized spacial score (nSPS) is 10.2. The van der Waals surface area contributed by atoms with Gasteiger partial charge in [-0.05, 0) is 56.2 Å². The Bertz CT molecular complexity index is 876. The maximum atomic E-state index is 12.2. The number of esters is 1. The fourth-order valence-electron chi connectivity index (χ4n) is 2.54. The van der Waals surface area contributed by atoms with Crippen LogP contribution in [0, 0.1) is 11.3 Å². The first-order chi connectivity index (χ1) is 14.1. The Morgan fingerprint density at radius 3 is 2.59 bits per heavy atom. The van der Waals surface area contributed by atoms with Crippen molar-refractivity contribution in [2.24, 2.45) is 0 Å². The highest BCUT2D eigenvalue weighted by atomic mass is 32.2. The van der Waals surface area contributed by atoms with Crippen molar-refractivity contribution in [3.63, 3.8) is 0 Å². The third-order valence-electron chi connectivity index (χ3n) is 4.07. The van der Waals surface area contributed by atoms with E-state index in [0.29, 0.717) is 34.2 Å². The van der Waals surface area contributed by atoms with Crippen LogP contribution >= 0.6 is 11.8 Å². The van der Waals surface area contributed by atoms with E-state index in [0.717, 1.165) is 25.0 Å². The number of thioether (sulfide) groups is 1. The van der Waals surface area contributed by atoms with Crippen LogP contribution in [0.3, 0.4) is 0 Å². The maximum Gasteiger partial charge on any atom is 0.338 e. The van der Waals surface area contributed by atoms with Crippen LogP contribution in [-0.4, -0.2) is 29.2 Å². The summed E-state index contributed by atoms with van der Waals surface area (Å²) in [5.74, 6) is -0.00294. The number of hydrogen-bond acceptors (Lipinski definition) is 6. The van der Waals surface area contributed by atoms with E-state index in [9.17, 15) is 14.9 Å². The second-order valence-corrected chi connectivity index (χ2v) is 7.40. The molecule has 29 heavy (non-hydrogen) atoms. The molecule has 0 aliphatic rings. The summed E-state index contributed by atoms with van der Waals surface area (Å²) >= 11 is 1.41. The van der Waals surface area contributed by atoms with Crippen LogP contribution in [0.25, 0.3) is 0 Å². The number of amides is 1. The number of carbonyl (C=O) groups is 2. The molecule has 0 fully saturated rings. The monoisotopic (exact) mass is 411 g/mol. The summed E-state index contributed by atoms with van der Waals surface area (Å²) in [7, 11) is 0. The van der Waals surface area contributed by atoms with Crippen molar-refractivity contribution in [2.75, 3.05) is 17.7 Å². The molecule has 0 unspecified atom stereocenters. The predicted octanol–water partition coefficient (Wildman–Crippen LogP) is 4.59. The zero-order chi connectivity index (χ0) is 21.1. The van der Waals surface area contributed by atoms with Gasteiger partial charge in [0, 0.05) is 23.6 Å². The summed E-state index contributed by atoms with van der Waals surface area (Å²) < 4.78 is 4.94. The molecule has 1 heterocycles. The number of hydrogen-bond donors (Lipinski definition) is 1. The van der Waals surface area contributed by atoms with Gasteiger partial charge >= 0.3 is 5.97 Å². The van der Waals surface area contributed by atoms with Crippen molar-refractivity contribution in [2.45, 2.75) is 44.6 Å².